The Labute approximate surface area is 93.9 Å². The molecule has 1 aromatic rings. The summed E-state index contributed by atoms with van der Waals surface area (Å²) in [4.78, 5) is 16.2. The van der Waals surface area contributed by atoms with Crippen LogP contribution in [0.3, 0.4) is 0 Å². The highest BCUT2D eigenvalue weighted by atomic mass is 32.1. The molecule has 0 radical (unpaired) electrons. The number of hydrogen-bond donors (Lipinski definition) is 2. The average Bonchev–Trinajstić information content (AvgIpc) is 2.24. The van der Waals surface area contributed by atoms with Gasteiger partial charge in [0.2, 0.25) is 0 Å². The summed E-state index contributed by atoms with van der Waals surface area (Å²) in [5.74, 6) is 0.750. The van der Waals surface area contributed by atoms with E-state index in [9.17, 15) is 4.79 Å². The van der Waals surface area contributed by atoms with Gasteiger partial charge in [0.15, 0.2) is 0 Å². The van der Waals surface area contributed by atoms with Gasteiger partial charge in [-0.3, -0.25) is 4.98 Å². The van der Waals surface area contributed by atoms with Crippen LogP contribution in [0.1, 0.15) is 37.7 Å². The van der Waals surface area contributed by atoms with E-state index in [-0.39, 0.29) is 5.69 Å². The summed E-state index contributed by atoms with van der Waals surface area (Å²) >= 11 is 5.13. The van der Waals surface area contributed by atoms with E-state index in [0.717, 1.165) is 17.9 Å². The minimum Gasteiger partial charge on any atom is -0.314 e. The highest BCUT2D eigenvalue weighted by Crippen LogP contribution is 2.26. The van der Waals surface area contributed by atoms with Gasteiger partial charge in [-0.15, -0.1) is 0 Å². The van der Waals surface area contributed by atoms with Gasteiger partial charge in [0.25, 0.3) is 0 Å². The Balaban J connectivity index is 2.09. The molecular weight excluding hydrogens is 208 g/mol. The minimum absolute atomic E-state index is 0.215. The molecule has 0 unspecified atom stereocenters. The molecule has 0 aromatic carbocycles. The van der Waals surface area contributed by atoms with Gasteiger partial charge in [0.1, 0.15) is 4.64 Å². The molecule has 1 saturated carbocycles. The van der Waals surface area contributed by atoms with Gasteiger partial charge in [0, 0.05) is 11.8 Å². The van der Waals surface area contributed by atoms with Crippen molar-refractivity contribution < 1.29 is 0 Å². The van der Waals surface area contributed by atoms with Crippen molar-refractivity contribution >= 4 is 12.2 Å². The molecule has 3 nitrogen and oxygen atoms in total. The Morgan fingerprint density at radius 2 is 2.07 bits per heavy atom. The molecule has 0 bridgehead atoms. The Morgan fingerprint density at radius 3 is 2.73 bits per heavy atom. The van der Waals surface area contributed by atoms with Gasteiger partial charge < -0.3 is 4.98 Å². The van der Waals surface area contributed by atoms with Gasteiger partial charge in [-0.1, -0.05) is 44.3 Å². The zero-order chi connectivity index (χ0) is 10.7. The molecule has 0 spiro atoms. The largest absolute Gasteiger partial charge is 0.323 e. The van der Waals surface area contributed by atoms with Crippen molar-refractivity contribution in [1.29, 1.82) is 0 Å². The van der Waals surface area contributed by atoms with Crippen LogP contribution in [0.4, 0.5) is 0 Å². The van der Waals surface area contributed by atoms with E-state index < -0.39 is 0 Å². The smallest absolute Gasteiger partial charge is 0.314 e. The molecule has 0 atom stereocenters. The molecule has 82 valence electrons. The van der Waals surface area contributed by atoms with Crippen molar-refractivity contribution in [2.24, 2.45) is 5.92 Å². The lowest BCUT2D eigenvalue weighted by Gasteiger charge is -2.21. The second kappa shape index (κ2) is 4.75. The summed E-state index contributed by atoms with van der Waals surface area (Å²) in [5.41, 5.74) is 0.865. The van der Waals surface area contributed by atoms with E-state index in [0.29, 0.717) is 4.64 Å². The number of rotatable bonds is 2. The number of aromatic amines is 2. The number of nitrogens with one attached hydrogen (secondary N) is 2. The van der Waals surface area contributed by atoms with Gasteiger partial charge in [-0.05, 0) is 12.3 Å². The first-order valence-corrected chi connectivity index (χ1v) is 5.97. The molecule has 1 heterocycles. The first kappa shape index (κ1) is 10.6. The second-order valence-electron chi connectivity index (χ2n) is 4.31. The molecule has 0 saturated heterocycles. The standard InChI is InChI=1S/C11H16N2OS/c14-11-12-7-9(10(15)13-11)6-8-4-2-1-3-5-8/h7-8H,1-6H2,(H2,12,13,14,15). The van der Waals surface area contributed by atoms with Crippen LogP contribution in [-0.4, -0.2) is 9.97 Å². The van der Waals surface area contributed by atoms with Crippen LogP contribution in [0.25, 0.3) is 0 Å². The fourth-order valence-corrected chi connectivity index (χ4v) is 2.53. The van der Waals surface area contributed by atoms with Gasteiger partial charge in [-0.25, -0.2) is 4.79 Å². The predicted molar refractivity (Wildman–Crippen MR) is 62.5 cm³/mol. The summed E-state index contributed by atoms with van der Waals surface area (Å²) in [7, 11) is 0. The van der Waals surface area contributed by atoms with Gasteiger partial charge in [0.05, 0.1) is 0 Å². The predicted octanol–water partition coefficient (Wildman–Crippen LogP) is 2.56. The second-order valence-corrected chi connectivity index (χ2v) is 4.71. The first-order valence-electron chi connectivity index (χ1n) is 5.56. The zero-order valence-electron chi connectivity index (χ0n) is 8.71. The maximum absolute atomic E-state index is 11.0. The van der Waals surface area contributed by atoms with Crippen LogP contribution in [-0.2, 0) is 6.42 Å². The summed E-state index contributed by atoms with van der Waals surface area (Å²) in [6, 6.07) is 0. The number of aromatic nitrogens is 2. The van der Waals surface area contributed by atoms with Crippen LogP contribution in [0.15, 0.2) is 11.0 Å². The third kappa shape index (κ3) is 2.78. The third-order valence-corrected chi connectivity index (χ3v) is 3.49. The SMILES string of the molecule is O=c1[nH]cc(CC2CCCCC2)c(=S)[nH]1. The molecular formula is C11H16N2OS. The van der Waals surface area contributed by atoms with Gasteiger partial charge in [-0.2, -0.15) is 0 Å². The van der Waals surface area contributed by atoms with Crippen molar-refractivity contribution in [3.05, 3.63) is 26.9 Å². The Morgan fingerprint density at radius 1 is 1.33 bits per heavy atom. The van der Waals surface area contributed by atoms with Crippen LogP contribution in [0.5, 0.6) is 0 Å². The van der Waals surface area contributed by atoms with Crippen LogP contribution < -0.4 is 5.69 Å². The van der Waals surface area contributed by atoms with Crippen molar-refractivity contribution in [2.45, 2.75) is 38.5 Å². The normalized spacial score (nSPS) is 17.9. The van der Waals surface area contributed by atoms with Crippen LogP contribution in [0.2, 0.25) is 0 Å². The lowest BCUT2D eigenvalue weighted by molar-refractivity contribution is 0.356. The van der Waals surface area contributed by atoms with Gasteiger partial charge >= 0.3 is 5.69 Å². The molecule has 2 rings (SSSR count). The quantitative estimate of drug-likeness (QED) is 0.758. The van der Waals surface area contributed by atoms with Crippen molar-refractivity contribution in [2.75, 3.05) is 0 Å². The molecule has 15 heavy (non-hydrogen) atoms. The molecule has 1 aliphatic rings. The molecule has 1 aliphatic carbocycles. The fourth-order valence-electron chi connectivity index (χ4n) is 2.29. The van der Waals surface area contributed by atoms with E-state index >= 15 is 0 Å². The monoisotopic (exact) mass is 224 g/mol. The topological polar surface area (TPSA) is 48.6 Å². The van der Waals surface area contributed by atoms with E-state index in [1.807, 2.05) is 0 Å². The zero-order valence-corrected chi connectivity index (χ0v) is 9.53. The highest BCUT2D eigenvalue weighted by molar-refractivity contribution is 7.71. The maximum Gasteiger partial charge on any atom is 0.323 e. The Bertz CT molecular complexity index is 429. The Hall–Kier alpha value is -0.900. The minimum atomic E-state index is -0.215. The van der Waals surface area contributed by atoms with E-state index in [4.69, 9.17) is 12.2 Å². The highest BCUT2D eigenvalue weighted by Gasteiger charge is 2.14. The Kier molecular flexibility index (Phi) is 3.36. The summed E-state index contributed by atoms with van der Waals surface area (Å²) in [5, 5.41) is 0. The third-order valence-electron chi connectivity index (χ3n) is 3.13. The first-order chi connectivity index (χ1) is 7.25. The van der Waals surface area contributed by atoms with E-state index in [1.165, 1.54) is 32.1 Å². The summed E-state index contributed by atoms with van der Waals surface area (Å²) in [6.07, 6.45) is 9.41. The molecule has 0 amide bonds. The van der Waals surface area contributed by atoms with E-state index in [2.05, 4.69) is 9.97 Å². The molecule has 1 aromatic heterocycles. The average molecular weight is 224 g/mol. The molecule has 0 aliphatic heterocycles. The van der Waals surface area contributed by atoms with Crippen molar-refractivity contribution in [3.8, 4) is 0 Å². The van der Waals surface area contributed by atoms with Crippen LogP contribution >= 0.6 is 12.2 Å². The lowest BCUT2D eigenvalue weighted by atomic mass is 9.85. The van der Waals surface area contributed by atoms with Crippen molar-refractivity contribution in [1.82, 2.24) is 9.97 Å². The number of H-pyrrole nitrogens is 2. The van der Waals surface area contributed by atoms with Crippen LogP contribution in [0, 0.1) is 10.6 Å². The summed E-state index contributed by atoms with van der Waals surface area (Å²) in [6.45, 7) is 0. The lowest BCUT2D eigenvalue weighted by Crippen LogP contribution is -2.14. The van der Waals surface area contributed by atoms with Crippen molar-refractivity contribution in [3.63, 3.8) is 0 Å². The fraction of sp³-hybridized carbons (Fsp3) is 0.636. The number of hydrogen-bond acceptors (Lipinski definition) is 2. The maximum atomic E-state index is 11.0. The molecule has 2 N–H and O–H groups in total. The van der Waals surface area contributed by atoms with E-state index in [1.54, 1.807) is 6.20 Å². The molecule has 4 heteroatoms. The summed E-state index contributed by atoms with van der Waals surface area (Å²) < 4.78 is 0.601. The molecule has 1 fully saturated rings.